The van der Waals surface area contributed by atoms with Gasteiger partial charge in [-0.2, -0.15) is 4.98 Å². The largest absolute Gasteiger partial charge is 0.378 e. The summed E-state index contributed by atoms with van der Waals surface area (Å²) in [6.07, 6.45) is 6.82. The van der Waals surface area contributed by atoms with Crippen molar-refractivity contribution in [2.24, 2.45) is 5.92 Å². The third kappa shape index (κ3) is 3.99. The van der Waals surface area contributed by atoms with Crippen molar-refractivity contribution in [1.82, 2.24) is 14.4 Å². The maximum Gasteiger partial charge on any atom is 0.236 e. The number of ether oxygens (including phenoxy) is 1. The first-order valence-corrected chi connectivity index (χ1v) is 10.9. The van der Waals surface area contributed by atoms with Crippen LogP contribution in [0.15, 0.2) is 42.7 Å². The van der Waals surface area contributed by atoms with E-state index in [0.29, 0.717) is 18.1 Å². The molecule has 0 aliphatic carbocycles. The molecule has 2 aliphatic heterocycles. The smallest absolute Gasteiger partial charge is 0.236 e. The highest BCUT2D eigenvalue weighted by molar-refractivity contribution is 5.65. The number of imidazole rings is 1. The SMILES string of the molecule is FCCC1CCN(c2ccn3cc(-c4ccc(N5CCOCC5)cc4)nc3n2)CC1. The molecule has 0 bridgehead atoms. The molecule has 1 aromatic carbocycles. The van der Waals surface area contributed by atoms with Crippen LogP contribution >= 0.6 is 0 Å². The van der Waals surface area contributed by atoms with Gasteiger partial charge in [-0.1, -0.05) is 12.1 Å². The molecule has 3 aromatic rings. The molecule has 0 atom stereocenters. The fourth-order valence-electron chi connectivity index (χ4n) is 4.45. The van der Waals surface area contributed by atoms with Crippen LogP contribution in [0.3, 0.4) is 0 Å². The fraction of sp³-hybridized carbons (Fsp3) is 0.478. The average molecular weight is 410 g/mol. The van der Waals surface area contributed by atoms with Gasteiger partial charge in [0.15, 0.2) is 0 Å². The van der Waals surface area contributed by atoms with Gasteiger partial charge in [0.25, 0.3) is 0 Å². The molecule has 2 fully saturated rings. The number of halogens is 1. The van der Waals surface area contributed by atoms with Crippen molar-refractivity contribution in [2.45, 2.75) is 19.3 Å². The first-order chi connectivity index (χ1) is 14.8. The van der Waals surface area contributed by atoms with Crippen molar-refractivity contribution in [3.8, 4) is 11.3 Å². The normalized spacial score (nSPS) is 18.3. The molecule has 30 heavy (non-hydrogen) atoms. The minimum Gasteiger partial charge on any atom is -0.378 e. The lowest BCUT2D eigenvalue weighted by molar-refractivity contribution is 0.122. The third-order valence-electron chi connectivity index (χ3n) is 6.31. The van der Waals surface area contributed by atoms with Crippen molar-refractivity contribution >= 4 is 17.3 Å². The molecule has 5 rings (SSSR count). The van der Waals surface area contributed by atoms with E-state index in [1.54, 1.807) is 0 Å². The second kappa shape index (κ2) is 8.60. The quantitative estimate of drug-likeness (QED) is 0.641. The molecule has 2 aromatic heterocycles. The van der Waals surface area contributed by atoms with Gasteiger partial charge < -0.3 is 14.5 Å². The molecule has 0 unspecified atom stereocenters. The van der Waals surface area contributed by atoms with Gasteiger partial charge >= 0.3 is 0 Å². The van der Waals surface area contributed by atoms with Crippen LogP contribution in [0.2, 0.25) is 0 Å². The zero-order valence-corrected chi connectivity index (χ0v) is 17.2. The van der Waals surface area contributed by atoms with Crippen molar-refractivity contribution in [1.29, 1.82) is 0 Å². The Bertz CT molecular complexity index is 975. The van der Waals surface area contributed by atoms with Gasteiger partial charge in [0.1, 0.15) is 5.82 Å². The van der Waals surface area contributed by atoms with Gasteiger partial charge in [0, 0.05) is 49.8 Å². The van der Waals surface area contributed by atoms with Crippen LogP contribution in [0.4, 0.5) is 15.9 Å². The van der Waals surface area contributed by atoms with Crippen molar-refractivity contribution in [3.05, 3.63) is 42.7 Å². The standard InChI is InChI=1S/C23H28FN5O/c24-9-5-18-6-10-28(11-7-18)22-8-12-29-17-21(25-23(29)26-22)19-1-3-20(4-2-19)27-13-15-30-16-14-27/h1-4,8,12,17-18H,5-7,9-11,13-16H2. The Labute approximate surface area is 176 Å². The van der Waals surface area contributed by atoms with Gasteiger partial charge in [0.05, 0.1) is 25.6 Å². The lowest BCUT2D eigenvalue weighted by atomic mass is 9.94. The van der Waals surface area contributed by atoms with E-state index in [-0.39, 0.29) is 6.67 Å². The number of hydrogen-bond donors (Lipinski definition) is 0. The monoisotopic (exact) mass is 409 g/mol. The summed E-state index contributed by atoms with van der Waals surface area (Å²) in [7, 11) is 0. The van der Waals surface area contributed by atoms with E-state index in [2.05, 4.69) is 40.1 Å². The molecule has 158 valence electrons. The van der Waals surface area contributed by atoms with Crippen LogP contribution in [0.25, 0.3) is 17.0 Å². The topological polar surface area (TPSA) is 45.9 Å². The molecule has 0 N–H and O–H groups in total. The van der Waals surface area contributed by atoms with Crippen molar-refractivity contribution < 1.29 is 9.13 Å². The number of aromatic nitrogens is 3. The first-order valence-electron chi connectivity index (χ1n) is 10.9. The summed E-state index contributed by atoms with van der Waals surface area (Å²) in [4.78, 5) is 14.2. The Morgan fingerprint density at radius 2 is 1.70 bits per heavy atom. The number of alkyl halides is 1. The minimum absolute atomic E-state index is 0.209. The number of benzene rings is 1. The molecule has 2 aliphatic rings. The van der Waals surface area contributed by atoms with E-state index in [9.17, 15) is 4.39 Å². The van der Waals surface area contributed by atoms with E-state index < -0.39 is 0 Å². The first kappa shape index (κ1) is 19.3. The summed E-state index contributed by atoms with van der Waals surface area (Å²) in [6.45, 7) is 5.11. The Kier molecular flexibility index (Phi) is 5.53. The van der Waals surface area contributed by atoms with E-state index in [1.807, 2.05) is 16.8 Å². The molecular formula is C23H28FN5O. The molecule has 0 saturated carbocycles. The predicted octanol–water partition coefficient (Wildman–Crippen LogP) is 3.81. The van der Waals surface area contributed by atoms with Gasteiger partial charge in [0.2, 0.25) is 5.78 Å². The highest BCUT2D eigenvalue weighted by Crippen LogP contribution is 2.26. The Hall–Kier alpha value is -2.67. The minimum atomic E-state index is -0.209. The summed E-state index contributed by atoms with van der Waals surface area (Å²) >= 11 is 0. The number of morpholine rings is 1. The van der Waals surface area contributed by atoms with Crippen LogP contribution < -0.4 is 9.80 Å². The van der Waals surface area contributed by atoms with Gasteiger partial charge in [-0.05, 0) is 43.4 Å². The van der Waals surface area contributed by atoms with Crippen LogP contribution in [0.1, 0.15) is 19.3 Å². The lowest BCUT2D eigenvalue weighted by Gasteiger charge is -2.32. The van der Waals surface area contributed by atoms with Crippen molar-refractivity contribution in [3.63, 3.8) is 0 Å². The summed E-state index contributed by atoms with van der Waals surface area (Å²) in [6, 6.07) is 10.6. The average Bonchev–Trinajstić information content (AvgIpc) is 3.24. The second-order valence-electron chi connectivity index (χ2n) is 8.17. The number of fused-ring (bicyclic) bond motifs is 1. The summed E-state index contributed by atoms with van der Waals surface area (Å²) in [5.41, 5.74) is 3.24. The molecular weight excluding hydrogens is 381 g/mol. The molecule has 0 radical (unpaired) electrons. The van der Waals surface area contributed by atoms with Gasteiger partial charge in [-0.15, -0.1) is 0 Å². The highest BCUT2D eigenvalue weighted by atomic mass is 19.1. The van der Waals surface area contributed by atoms with E-state index in [0.717, 1.165) is 69.3 Å². The zero-order chi connectivity index (χ0) is 20.3. The molecule has 0 spiro atoms. The Balaban J connectivity index is 1.31. The molecule has 7 heteroatoms. The maximum absolute atomic E-state index is 12.6. The number of nitrogens with zero attached hydrogens (tertiary/aromatic N) is 5. The van der Waals surface area contributed by atoms with E-state index >= 15 is 0 Å². The third-order valence-corrected chi connectivity index (χ3v) is 6.31. The Morgan fingerprint density at radius 1 is 0.933 bits per heavy atom. The summed E-state index contributed by atoms with van der Waals surface area (Å²) in [5, 5.41) is 0. The van der Waals surface area contributed by atoms with Crippen LogP contribution in [0.5, 0.6) is 0 Å². The van der Waals surface area contributed by atoms with E-state index in [1.165, 1.54) is 5.69 Å². The number of piperidine rings is 1. The number of anilines is 2. The van der Waals surface area contributed by atoms with Crippen LogP contribution in [-0.4, -0.2) is 60.4 Å². The Morgan fingerprint density at radius 3 is 2.43 bits per heavy atom. The molecule has 6 nitrogen and oxygen atoms in total. The maximum atomic E-state index is 12.6. The number of hydrogen-bond acceptors (Lipinski definition) is 5. The zero-order valence-electron chi connectivity index (χ0n) is 17.2. The molecule has 4 heterocycles. The van der Waals surface area contributed by atoms with Crippen LogP contribution in [0, 0.1) is 5.92 Å². The summed E-state index contributed by atoms with van der Waals surface area (Å²) in [5.74, 6) is 2.18. The second-order valence-corrected chi connectivity index (χ2v) is 8.17. The highest BCUT2D eigenvalue weighted by Gasteiger charge is 2.20. The van der Waals surface area contributed by atoms with Gasteiger partial charge in [-0.3, -0.25) is 8.79 Å². The molecule has 0 amide bonds. The van der Waals surface area contributed by atoms with Crippen LogP contribution in [-0.2, 0) is 4.74 Å². The summed E-state index contributed by atoms with van der Waals surface area (Å²) < 4.78 is 20.0. The van der Waals surface area contributed by atoms with Gasteiger partial charge in [-0.25, -0.2) is 4.98 Å². The molecule has 2 saturated heterocycles. The van der Waals surface area contributed by atoms with Crippen molar-refractivity contribution in [2.75, 3.05) is 55.9 Å². The fourth-order valence-corrected chi connectivity index (χ4v) is 4.45. The number of rotatable bonds is 5. The lowest BCUT2D eigenvalue weighted by Crippen LogP contribution is -2.36. The van der Waals surface area contributed by atoms with E-state index in [4.69, 9.17) is 14.7 Å². The predicted molar refractivity (Wildman–Crippen MR) is 117 cm³/mol.